The molecular formula is C102H113N31O8S. The standard InChI is InChI=1S/C29H30N8O2.C25H28N8O2.C24H27N9O2.C24H28N6O2S/c1-31-18-29(37-17-23(26(30)38)27(34-37)33-28(39)21-8-9-21)12-14-35(15-13-29)16-20-6-10-22(11-7-20)36-19-32-24-4-2-3-5-25(24)36;1-27-17-25(33-16-21(22(26)34)23(30-33)29-24(35)19-7-8-19)9-11-31(12-10-25)14-18-13-28-32(15-18)20-5-3-2-4-6-20;1-26-16-24(32-15-20(21(25)34)22(30-32)29-23(35)18-4-5-18)8-12-31(13-9-24)14-17-2-6-19(7-3-17)33-27-10-11-28-33;1-26-15-24(30-12-20(21(25)31)22(28-30)27-23(32)17-4-5-17)6-8-29(9-7-24)11-16-2-3-18-13-33-14-19(18)10-16/h2-7,10-11,17,19,21H,8-9,12-16,18H2,(H2,30,38)(H,33,34,39);2-6,13,15-16,19H,7-12,14,17H2,(H2,26,34)(H,29,30,35);2-3,6-7,10-11,15,18H,4-5,8-9,12-14,16H2,(H2,25,34)(H,29,30,35);2-3,10,12,17H,4-9,11,13-15H2,(H2,25,31)(H,27,28,32). The predicted molar refractivity (Wildman–Crippen MR) is 532 cm³/mol. The normalized spacial score (nSPS) is 17.9. The summed E-state index contributed by atoms with van der Waals surface area (Å²) in [5.41, 5.74) is 33.6. The number of hydrogen-bond acceptors (Lipinski definition) is 21. The second-order valence-corrected chi connectivity index (χ2v) is 39.6. The fourth-order valence-corrected chi connectivity index (χ4v) is 20.4. The fraction of sp³-hybridized carbons (Fsp3) is 0.412. The third-order valence-electron chi connectivity index (χ3n) is 28.6. The Morgan fingerprint density at radius 3 is 1.08 bits per heavy atom. The highest BCUT2D eigenvalue weighted by molar-refractivity contribution is 7.98. The lowest BCUT2D eigenvalue weighted by atomic mass is 9.87. The molecule has 12 N–H and O–H groups in total. The Morgan fingerprint density at radius 1 is 0.373 bits per heavy atom. The van der Waals surface area contributed by atoms with Crippen molar-refractivity contribution in [2.75, 3.05) is 99.8 Å². The molecule has 39 nitrogen and oxygen atoms in total. The molecule has 0 spiro atoms. The molecule has 9 aliphatic rings. The van der Waals surface area contributed by atoms with Gasteiger partial charge in [0.25, 0.3) is 23.6 Å². The van der Waals surface area contributed by atoms with Crippen LogP contribution in [-0.4, -0.2) is 219 Å². The van der Waals surface area contributed by atoms with Crippen molar-refractivity contribution in [1.82, 2.24) is 93.0 Å². The Labute approximate surface area is 824 Å². The minimum absolute atomic E-state index is 0.00544. The van der Waals surface area contributed by atoms with E-state index in [0.717, 1.165) is 188 Å². The highest BCUT2D eigenvalue weighted by atomic mass is 32.2. The number of anilines is 4. The van der Waals surface area contributed by atoms with Gasteiger partial charge in [0.2, 0.25) is 49.8 Å². The van der Waals surface area contributed by atoms with E-state index in [1.165, 1.54) is 27.8 Å². The van der Waals surface area contributed by atoms with E-state index in [1.807, 2.05) is 95.8 Å². The first kappa shape index (κ1) is 96.9. The van der Waals surface area contributed by atoms with Crippen molar-refractivity contribution < 1.29 is 38.4 Å². The molecule has 12 aromatic rings. The van der Waals surface area contributed by atoms with E-state index in [1.54, 1.807) is 60.7 Å². The van der Waals surface area contributed by atoms with Gasteiger partial charge in [-0.25, -0.2) is 36.0 Å². The van der Waals surface area contributed by atoms with Gasteiger partial charge in [0.15, 0.2) is 23.3 Å². The maximum atomic E-state index is 12.3. The molecule has 0 unspecified atom stereocenters. The number of likely N-dealkylation sites (tertiary alicyclic amines) is 4. The first-order chi connectivity index (χ1) is 68.9. The maximum absolute atomic E-state index is 12.3. The molecule has 8 fully saturated rings. The zero-order valence-electron chi connectivity index (χ0n) is 78.9. The zero-order valence-corrected chi connectivity index (χ0v) is 79.7. The van der Waals surface area contributed by atoms with Gasteiger partial charge in [-0.2, -0.15) is 52.2 Å². The molecule has 4 aliphatic carbocycles. The summed E-state index contributed by atoms with van der Waals surface area (Å²) in [4.78, 5) is 128. The minimum Gasteiger partial charge on any atom is -0.365 e. The van der Waals surface area contributed by atoms with Crippen molar-refractivity contribution in [3.05, 3.63) is 279 Å². The number of nitrogens with two attached hydrogens (primary N) is 4. The van der Waals surface area contributed by atoms with Crippen LogP contribution in [0.25, 0.3) is 47.5 Å². The van der Waals surface area contributed by atoms with Gasteiger partial charge < -0.3 is 63.6 Å². The van der Waals surface area contributed by atoms with Crippen molar-refractivity contribution >= 4 is 93.3 Å². The Morgan fingerprint density at radius 2 is 0.711 bits per heavy atom. The topological polar surface area (TPSA) is 457 Å². The Bertz CT molecular complexity index is 6820. The van der Waals surface area contributed by atoms with E-state index < -0.39 is 45.8 Å². The van der Waals surface area contributed by atoms with Crippen molar-refractivity contribution in [1.29, 1.82) is 0 Å². The number of nitrogens with zero attached hydrogens (tertiary/aromatic N) is 23. The Balaban J connectivity index is 0.000000125. The number of imidazole rings is 1. The van der Waals surface area contributed by atoms with Crippen molar-refractivity contribution in [2.45, 2.75) is 163 Å². The van der Waals surface area contributed by atoms with E-state index in [2.05, 4.69) is 166 Å². The number of thioether (sulfide) groups is 1. The molecule has 7 aromatic heterocycles. The fourth-order valence-electron chi connectivity index (χ4n) is 19.3. The van der Waals surface area contributed by atoms with Gasteiger partial charge in [-0.15, -0.1) is 0 Å². The molecule has 4 saturated carbocycles. The van der Waals surface area contributed by atoms with E-state index in [-0.39, 0.29) is 119 Å². The van der Waals surface area contributed by atoms with Crippen LogP contribution in [0.5, 0.6) is 0 Å². The zero-order chi connectivity index (χ0) is 98.8. The number of primary amides is 4. The third kappa shape index (κ3) is 22.4. The lowest BCUT2D eigenvalue weighted by Gasteiger charge is -2.38. The molecule has 40 heteroatoms. The molecular weight excluding hydrogens is 1820 g/mol. The van der Waals surface area contributed by atoms with Crippen LogP contribution in [0.3, 0.4) is 0 Å². The molecule has 8 amide bonds. The molecule has 5 aliphatic heterocycles. The van der Waals surface area contributed by atoms with Crippen LogP contribution in [0.1, 0.15) is 178 Å². The van der Waals surface area contributed by atoms with E-state index in [0.29, 0.717) is 38.5 Å². The largest absolute Gasteiger partial charge is 0.365 e. The minimum atomic E-state index is -0.647. The van der Waals surface area contributed by atoms with Crippen LogP contribution < -0.4 is 44.2 Å². The molecule has 0 atom stereocenters. The smallest absolute Gasteiger partial charge is 0.254 e. The number of amides is 8. The van der Waals surface area contributed by atoms with Gasteiger partial charge in [0.1, 0.15) is 50.7 Å². The summed E-state index contributed by atoms with van der Waals surface area (Å²) >= 11 is 1.96. The summed E-state index contributed by atoms with van der Waals surface area (Å²) in [6.45, 7) is 40.7. The number of rotatable bonds is 31. The van der Waals surface area contributed by atoms with Gasteiger partial charge in [-0.05, 0) is 179 Å². The summed E-state index contributed by atoms with van der Waals surface area (Å²) < 4.78 is 10.8. The third-order valence-corrected chi connectivity index (χ3v) is 29.6. The van der Waals surface area contributed by atoms with Crippen LogP contribution in [0.4, 0.5) is 23.3 Å². The lowest BCUT2D eigenvalue weighted by molar-refractivity contribution is -0.118. The summed E-state index contributed by atoms with van der Waals surface area (Å²) in [7, 11) is 0. The molecule has 4 saturated heterocycles. The van der Waals surface area contributed by atoms with Crippen LogP contribution in [0.15, 0.2) is 177 Å². The monoisotopic (exact) mass is 1930 g/mol. The quantitative estimate of drug-likeness (QED) is 0.0187. The van der Waals surface area contributed by atoms with Crippen LogP contribution >= 0.6 is 11.8 Å². The highest BCUT2D eigenvalue weighted by Crippen LogP contribution is 2.42. The molecule has 5 aromatic carbocycles. The van der Waals surface area contributed by atoms with E-state index in [4.69, 9.17) is 49.2 Å². The highest BCUT2D eigenvalue weighted by Gasteiger charge is 2.48. The Hall–Kier alpha value is -15.3. The average Bonchev–Trinajstić information content (AvgIpc) is 1.63. The van der Waals surface area contributed by atoms with Gasteiger partial charge in [-0.3, -0.25) is 81.3 Å². The van der Waals surface area contributed by atoms with Crippen LogP contribution in [0, 0.1) is 50.0 Å². The second-order valence-electron chi connectivity index (χ2n) is 38.6. The number of fused-ring (bicyclic) bond motifs is 2. The molecule has 12 heterocycles. The molecule has 730 valence electrons. The van der Waals surface area contributed by atoms with Crippen LogP contribution in [-0.2, 0) is 79.0 Å². The lowest BCUT2D eigenvalue weighted by Crippen LogP contribution is -2.48. The first-order valence-corrected chi connectivity index (χ1v) is 49.3. The van der Waals surface area contributed by atoms with Crippen molar-refractivity contribution in [2.24, 2.45) is 46.6 Å². The SMILES string of the molecule is [C-]#[N+]CC1(n2cc(C(N)=O)c(NC(=O)C3CC3)n2)CCN(Cc2ccc(-n3cnc4ccccc43)cc2)CC1.[C-]#[N+]CC1(n2cc(C(N)=O)c(NC(=O)C3CC3)n2)CCN(Cc2ccc(-n3nccn3)cc2)CC1.[C-]#[N+]CC1(n2cc(C(N)=O)c(NC(=O)C3CC3)n2)CCN(Cc2ccc3c(c2)CSC3)CC1.[C-]#[N+]CC1(n2cc(C(N)=O)c(NC(=O)C3CC3)n2)CCN(Cc2cnn(-c3ccccc3)c2)CC1. The number of carbonyl (C=O) groups excluding carboxylic acids is 8. The summed E-state index contributed by atoms with van der Waals surface area (Å²) in [5, 5.41) is 42.1. The summed E-state index contributed by atoms with van der Waals surface area (Å²) in [5.74, 6) is -0.180. The number of nitrogens with one attached hydrogen (secondary N) is 4. The molecule has 0 radical (unpaired) electrons. The number of hydrogen-bond donors (Lipinski definition) is 8. The number of piperidine rings is 4. The van der Waals surface area contributed by atoms with Crippen LogP contribution in [0.2, 0.25) is 0 Å². The molecule has 21 rings (SSSR count). The Kier molecular flexibility index (Phi) is 28.9. The predicted octanol–water partition coefficient (Wildman–Crippen LogP) is 10.8. The summed E-state index contributed by atoms with van der Waals surface area (Å²) in [6, 6.07) is 41.5. The maximum Gasteiger partial charge on any atom is 0.254 e. The number of benzene rings is 5. The van der Waals surface area contributed by atoms with Gasteiger partial charge in [-0.1, -0.05) is 72.8 Å². The first-order valence-electron chi connectivity index (χ1n) is 48.2. The molecule has 142 heavy (non-hydrogen) atoms. The molecule has 0 bridgehead atoms. The van der Waals surface area contributed by atoms with E-state index >= 15 is 0 Å². The van der Waals surface area contributed by atoms with Crippen molar-refractivity contribution in [3.8, 4) is 17.1 Å². The number of aromatic nitrogens is 15. The van der Waals surface area contributed by atoms with Crippen molar-refractivity contribution in [3.63, 3.8) is 0 Å². The number of carbonyl (C=O) groups is 8. The van der Waals surface area contributed by atoms with E-state index in [9.17, 15) is 38.4 Å². The number of para-hydroxylation sites is 3. The van der Waals surface area contributed by atoms with Gasteiger partial charge >= 0.3 is 0 Å². The second kappa shape index (κ2) is 42.4. The van der Waals surface area contributed by atoms with Gasteiger partial charge in [0, 0.05) is 156 Å². The summed E-state index contributed by atoms with van der Waals surface area (Å²) in [6.07, 6.45) is 27.9. The van der Waals surface area contributed by atoms with Gasteiger partial charge in [0.05, 0.1) is 41.0 Å². The average molecular weight is 1930 g/mol.